The lowest BCUT2D eigenvalue weighted by molar-refractivity contribution is 0.304. The molecule has 2 fully saturated rings. The molecule has 5 heteroatoms. The smallest absolute Gasteiger partial charge is 0.200 e. The predicted molar refractivity (Wildman–Crippen MR) is 101 cm³/mol. The molecule has 1 saturated carbocycles. The van der Waals surface area contributed by atoms with Crippen LogP contribution < -0.4 is 4.74 Å². The summed E-state index contributed by atoms with van der Waals surface area (Å²) in [7, 11) is 1.33. The van der Waals surface area contributed by atoms with Gasteiger partial charge in [0.15, 0.2) is 11.6 Å². The van der Waals surface area contributed by atoms with E-state index in [4.69, 9.17) is 9.47 Å². The Bertz CT molecular complexity index is 840. The lowest BCUT2D eigenvalue weighted by Crippen LogP contribution is -2.15. The van der Waals surface area contributed by atoms with Crippen LogP contribution in [0.4, 0.5) is 13.2 Å². The summed E-state index contributed by atoms with van der Waals surface area (Å²) in [6, 6.07) is 8.57. The first-order chi connectivity index (χ1) is 13.6. The van der Waals surface area contributed by atoms with Crippen molar-refractivity contribution in [3.05, 3.63) is 64.5 Å². The van der Waals surface area contributed by atoms with E-state index in [0.717, 1.165) is 43.2 Å². The third kappa shape index (κ3) is 4.04. The zero-order chi connectivity index (χ0) is 19.7. The zero-order valence-electron chi connectivity index (χ0n) is 16.0. The summed E-state index contributed by atoms with van der Waals surface area (Å²) >= 11 is 0. The van der Waals surface area contributed by atoms with Gasteiger partial charge in [0.1, 0.15) is 11.9 Å². The number of aryl methyl sites for hydroxylation is 1. The third-order valence-corrected chi connectivity index (χ3v) is 6.18. The number of rotatable bonds is 6. The van der Waals surface area contributed by atoms with E-state index in [1.54, 1.807) is 12.1 Å². The summed E-state index contributed by atoms with van der Waals surface area (Å²) in [6.07, 6.45) is 5.22. The first kappa shape index (κ1) is 19.3. The maximum absolute atomic E-state index is 14.5. The van der Waals surface area contributed by atoms with Gasteiger partial charge in [0.2, 0.25) is 5.82 Å². The lowest BCUT2D eigenvalue weighted by Gasteiger charge is -2.29. The van der Waals surface area contributed by atoms with E-state index < -0.39 is 11.6 Å². The van der Waals surface area contributed by atoms with Crippen LogP contribution in [0.5, 0.6) is 5.75 Å². The van der Waals surface area contributed by atoms with Crippen LogP contribution in [0.1, 0.15) is 60.8 Å². The summed E-state index contributed by atoms with van der Waals surface area (Å²) in [5.41, 5.74) is 2.11. The summed E-state index contributed by atoms with van der Waals surface area (Å²) in [5, 5.41) is 0. The highest BCUT2D eigenvalue weighted by molar-refractivity contribution is 5.32. The van der Waals surface area contributed by atoms with E-state index in [0.29, 0.717) is 24.5 Å². The molecule has 0 spiro atoms. The van der Waals surface area contributed by atoms with Gasteiger partial charge >= 0.3 is 0 Å². The van der Waals surface area contributed by atoms with Gasteiger partial charge in [-0.2, -0.15) is 4.39 Å². The van der Waals surface area contributed by atoms with Crippen LogP contribution in [0.2, 0.25) is 0 Å². The summed E-state index contributed by atoms with van der Waals surface area (Å²) in [5.74, 6) is -1.23. The second-order valence-electron chi connectivity index (χ2n) is 7.91. The Morgan fingerprint density at radius 3 is 2.39 bits per heavy atom. The molecule has 0 bridgehead atoms. The minimum atomic E-state index is -0.917. The van der Waals surface area contributed by atoms with Crippen molar-refractivity contribution in [2.45, 2.75) is 50.5 Å². The fraction of sp³-hybridized carbons (Fsp3) is 0.478. The number of benzene rings is 2. The molecule has 0 amide bonds. The highest BCUT2D eigenvalue weighted by Gasteiger charge is 2.28. The normalized spacial score (nSPS) is 24.2. The zero-order valence-corrected chi connectivity index (χ0v) is 16.0. The topological polar surface area (TPSA) is 21.8 Å². The molecular weight excluding hydrogens is 365 g/mol. The predicted octanol–water partition coefficient (Wildman–Crippen LogP) is 6.09. The maximum Gasteiger partial charge on any atom is 0.200 e. The van der Waals surface area contributed by atoms with Crippen LogP contribution in [0, 0.1) is 23.4 Å². The number of methoxy groups -OCH3 is 1. The van der Waals surface area contributed by atoms with Gasteiger partial charge in [-0.15, -0.1) is 0 Å². The van der Waals surface area contributed by atoms with Gasteiger partial charge in [-0.05, 0) is 79.2 Å². The molecule has 0 N–H and O–H groups in total. The first-order valence-corrected chi connectivity index (χ1v) is 9.98. The third-order valence-electron chi connectivity index (χ3n) is 6.18. The molecule has 1 heterocycles. The molecule has 0 aromatic heterocycles. The molecule has 1 saturated heterocycles. The van der Waals surface area contributed by atoms with E-state index in [1.165, 1.54) is 13.2 Å². The van der Waals surface area contributed by atoms with Gasteiger partial charge < -0.3 is 9.47 Å². The Balaban J connectivity index is 1.32. The minimum absolute atomic E-state index is 0.0666. The Morgan fingerprint density at radius 2 is 1.75 bits per heavy atom. The van der Waals surface area contributed by atoms with Gasteiger partial charge in [-0.25, -0.2) is 8.78 Å². The van der Waals surface area contributed by atoms with Crippen molar-refractivity contribution >= 4 is 0 Å². The van der Waals surface area contributed by atoms with Crippen molar-refractivity contribution in [2.75, 3.05) is 13.7 Å². The summed E-state index contributed by atoms with van der Waals surface area (Å²) in [6.45, 7) is 0.683. The highest BCUT2D eigenvalue weighted by Crippen LogP contribution is 2.40. The SMILES string of the molecule is COc1ccc(CCC2CCC(c3ccc(C4CO4)cc3F)CC2)c(F)c1F. The largest absolute Gasteiger partial charge is 0.494 e. The molecule has 28 heavy (non-hydrogen) atoms. The van der Waals surface area contributed by atoms with Crippen molar-refractivity contribution in [1.29, 1.82) is 0 Å². The minimum Gasteiger partial charge on any atom is -0.494 e. The van der Waals surface area contributed by atoms with Crippen molar-refractivity contribution in [2.24, 2.45) is 5.92 Å². The second-order valence-corrected chi connectivity index (χ2v) is 7.91. The van der Waals surface area contributed by atoms with Crippen LogP contribution in [0.3, 0.4) is 0 Å². The Kier molecular flexibility index (Phi) is 5.63. The molecule has 2 aromatic rings. The van der Waals surface area contributed by atoms with Gasteiger partial charge in [-0.1, -0.05) is 18.2 Å². The number of hydrogen-bond donors (Lipinski definition) is 0. The second kappa shape index (κ2) is 8.16. The van der Waals surface area contributed by atoms with Gasteiger partial charge in [-0.3, -0.25) is 0 Å². The number of ether oxygens (including phenoxy) is 2. The van der Waals surface area contributed by atoms with Gasteiger partial charge in [0.25, 0.3) is 0 Å². The standard InChI is InChI=1S/C23H25F3O2/c1-27-20-11-9-16(22(25)23(20)26)7-4-14-2-5-15(6-3-14)18-10-8-17(12-19(18)24)21-13-28-21/h8-12,14-15,21H,2-7,13H2,1H3. The average Bonchev–Trinajstić information content (AvgIpc) is 3.55. The number of hydrogen-bond acceptors (Lipinski definition) is 2. The molecule has 150 valence electrons. The van der Waals surface area contributed by atoms with E-state index in [-0.39, 0.29) is 23.6 Å². The van der Waals surface area contributed by atoms with Crippen molar-refractivity contribution in [3.8, 4) is 5.75 Å². The molecule has 1 atom stereocenters. The van der Waals surface area contributed by atoms with E-state index in [1.807, 2.05) is 12.1 Å². The maximum atomic E-state index is 14.5. The molecule has 0 radical (unpaired) electrons. The fourth-order valence-corrected chi connectivity index (χ4v) is 4.36. The van der Waals surface area contributed by atoms with E-state index in [9.17, 15) is 13.2 Å². The number of epoxide rings is 1. The van der Waals surface area contributed by atoms with Crippen molar-refractivity contribution < 1.29 is 22.6 Å². The van der Waals surface area contributed by atoms with Crippen LogP contribution in [-0.4, -0.2) is 13.7 Å². The van der Waals surface area contributed by atoms with Gasteiger partial charge in [0, 0.05) is 0 Å². The fourth-order valence-electron chi connectivity index (χ4n) is 4.36. The molecule has 2 nitrogen and oxygen atoms in total. The highest BCUT2D eigenvalue weighted by atomic mass is 19.2. The molecule has 2 aliphatic rings. The Hall–Kier alpha value is -2.01. The monoisotopic (exact) mass is 390 g/mol. The molecule has 2 aromatic carbocycles. The van der Waals surface area contributed by atoms with Gasteiger partial charge in [0.05, 0.1) is 13.7 Å². The van der Waals surface area contributed by atoms with Crippen molar-refractivity contribution in [3.63, 3.8) is 0 Å². The summed E-state index contributed by atoms with van der Waals surface area (Å²) < 4.78 is 52.5. The van der Waals surface area contributed by atoms with Crippen molar-refractivity contribution in [1.82, 2.24) is 0 Å². The average molecular weight is 390 g/mol. The molecule has 4 rings (SSSR count). The Morgan fingerprint density at radius 1 is 1.00 bits per heavy atom. The van der Waals surface area contributed by atoms with E-state index in [2.05, 4.69) is 0 Å². The molecule has 1 aliphatic carbocycles. The van der Waals surface area contributed by atoms with Crippen LogP contribution in [0.25, 0.3) is 0 Å². The summed E-state index contributed by atoms with van der Waals surface area (Å²) in [4.78, 5) is 0. The van der Waals surface area contributed by atoms with E-state index >= 15 is 0 Å². The van der Waals surface area contributed by atoms with Crippen LogP contribution >= 0.6 is 0 Å². The van der Waals surface area contributed by atoms with Crippen LogP contribution in [0.15, 0.2) is 30.3 Å². The molecule has 1 unspecified atom stereocenters. The van der Waals surface area contributed by atoms with Crippen LogP contribution in [-0.2, 0) is 11.2 Å². The Labute approximate surface area is 163 Å². The molecular formula is C23H25F3O2. The molecule has 1 aliphatic heterocycles. The number of halogens is 3. The first-order valence-electron chi connectivity index (χ1n) is 9.98. The quantitative estimate of drug-likeness (QED) is 0.557. The lowest BCUT2D eigenvalue weighted by atomic mass is 9.76.